The Hall–Kier alpha value is -1.76. The highest BCUT2D eigenvalue weighted by atomic mass is 35.5. The predicted molar refractivity (Wildman–Crippen MR) is 108 cm³/mol. The van der Waals surface area contributed by atoms with Gasteiger partial charge in [0.15, 0.2) is 0 Å². The van der Waals surface area contributed by atoms with E-state index in [-0.39, 0.29) is 18.9 Å². The van der Waals surface area contributed by atoms with Crippen LogP contribution in [0.5, 0.6) is 0 Å². The lowest BCUT2D eigenvalue weighted by molar-refractivity contribution is -0.116. The molecule has 0 saturated carbocycles. The third-order valence-corrected chi connectivity index (χ3v) is 5.40. The van der Waals surface area contributed by atoms with Crippen molar-refractivity contribution >= 4 is 50.5 Å². The number of rotatable bonds is 7. The maximum absolute atomic E-state index is 12.1. The van der Waals surface area contributed by atoms with E-state index >= 15 is 0 Å². The molecule has 0 unspecified atom stereocenters. The van der Waals surface area contributed by atoms with Crippen molar-refractivity contribution in [1.29, 1.82) is 0 Å². The molecule has 2 aromatic rings. The van der Waals surface area contributed by atoms with E-state index in [1.54, 1.807) is 36.4 Å². The van der Waals surface area contributed by atoms with E-state index in [1.807, 2.05) is 13.0 Å². The minimum Gasteiger partial charge on any atom is -0.325 e. The molecule has 8 heteroatoms. The van der Waals surface area contributed by atoms with Gasteiger partial charge in [-0.15, -0.1) is 0 Å². The van der Waals surface area contributed by atoms with E-state index in [0.29, 0.717) is 27.8 Å². The van der Waals surface area contributed by atoms with E-state index in [2.05, 4.69) is 5.32 Å². The van der Waals surface area contributed by atoms with Gasteiger partial charge in [0.2, 0.25) is 15.9 Å². The molecule has 0 aromatic heterocycles. The van der Waals surface area contributed by atoms with Gasteiger partial charge in [0, 0.05) is 18.0 Å². The normalized spacial score (nSPS) is 11.2. The molecule has 2 rings (SSSR count). The number of nitrogens with zero attached hydrogens (tertiary/aromatic N) is 1. The Balaban J connectivity index is 1.98. The first kappa shape index (κ1) is 20.6. The number of sulfonamides is 1. The highest BCUT2D eigenvalue weighted by molar-refractivity contribution is 7.92. The fourth-order valence-electron chi connectivity index (χ4n) is 2.46. The molecule has 0 spiro atoms. The van der Waals surface area contributed by atoms with Crippen LogP contribution in [-0.4, -0.2) is 27.1 Å². The lowest BCUT2D eigenvalue weighted by atomic mass is 10.2. The van der Waals surface area contributed by atoms with Crippen LogP contribution >= 0.6 is 23.2 Å². The van der Waals surface area contributed by atoms with E-state index in [9.17, 15) is 13.2 Å². The van der Waals surface area contributed by atoms with Crippen LogP contribution in [0.1, 0.15) is 18.4 Å². The number of carbonyl (C=O) groups excluding carboxylic acids is 1. The van der Waals surface area contributed by atoms with E-state index in [0.717, 1.165) is 11.8 Å². The summed E-state index contributed by atoms with van der Waals surface area (Å²) in [6, 6.07) is 12.0. The summed E-state index contributed by atoms with van der Waals surface area (Å²) < 4.78 is 25.5. The van der Waals surface area contributed by atoms with Crippen LogP contribution in [0.15, 0.2) is 42.5 Å². The molecule has 0 fully saturated rings. The van der Waals surface area contributed by atoms with Crippen molar-refractivity contribution in [2.45, 2.75) is 19.8 Å². The molecule has 140 valence electrons. The molecule has 26 heavy (non-hydrogen) atoms. The summed E-state index contributed by atoms with van der Waals surface area (Å²) in [5.74, 6) is -0.244. The smallest absolute Gasteiger partial charge is 0.232 e. The Morgan fingerprint density at radius 3 is 2.50 bits per heavy atom. The summed E-state index contributed by atoms with van der Waals surface area (Å²) >= 11 is 11.9. The van der Waals surface area contributed by atoms with Gasteiger partial charge in [0.25, 0.3) is 0 Å². The summed E-state index contributed by atoms with van der Waals surface area (Å²) in [5.41, 5.74) is 2.03. The second-order valence-electron chi connectivity index (χ2n) is 5.95. The van der Waals surface area contributed by atoms with Crippen LogP contribution in [0.2, 0.25) is 10.0 Å². The largest absolute Gasteiger partial charge is 0.325 e. The quantitative estimate of drug-likeness (QED) is 0.725. The van der Waals surface area contributed by atoms with Crippen LogP contribution in [0.25, 0.3) is 0 Å². The molecule has 1 N–H and O–H groups in total. The SMILES string of the molecule is Cc1cccc(N(CCCC(=O)Nc2ccc(Cl)cc2Cl)S(C)(=O)=O)c1. The summed E-state index contributed by atoms with van der Waals surface area (Å²) in [5, 5.41) is 3.53. The third kappa shape index (κ3) is 5.90. The van der Waals surface area contributed by atoms with E-state index < -0.39 is 10.0 Å². The van der Waals surface area contributed by atoms with Gasteiger partial charge in [0.1, 0.15) is 0 Å². The van der Waals surface area contributed by atoms with Crippen LogP contribution in [0, 0.1) is 6.92 Å². The molecular weight excluding hydrogens is 395 g/mol. The molecule has 0 atom stereocenters. The Morgan fingerprint density at radius 2 is 1.88 bits per heavy atom. The monoisotopic (exact) mass is 414 g/mol. The number of aryl methyl sites for hydroxylation is 1. The first-order chi connectivity index (χ1) is 12.2. The fourth-order valence-corrected chi connectivity index (χ4v) is 3.87. The highest BCUT2D eigenvalue weighted by Gasteiger charge is 2.17. The number of amides is 1. The molecule has 1 amide bonds. The van der Waals surface area contributed by atoms with Crippen LogP contribution in [0.4, 0.5) is 11.4 Å². The van der Waals surface area contributed by atoms with Crippen molar-refractivity contribution in [3.05, 3.63) is 58.1 Å². The Bertz CT molecular complexity index is 901. The van der Waals surface area contributed by atoms with Gasteiger partial charge in [-0.3, -0.25) is 9.10 Å². The highest BCUT2D eigenvalue weighted by Crippen LogP contribution is 2.25. The van der Waals surface area contributed by atoms with Crippen molar-refractivity contribution in [2.24, 2.45) is 0 Å². The fraction of sp³-hybridized carbons (Fsp3) is 0.278. The summed E-state index contributed by atoms with van der Waals surface area (Å²) in [7, 11) is -3.44. The van der Waals surface area contributed by atoms with Crippen LogP contribution < -0.4 is 9.62 Å². The standard InChI is InChI=1S/C18H20Cl2N2O3S/c1-13-5-3-6-15(11-13)22(26(2,24)25)10-4-7-18(23)21-17-9-8-14(19)12-16(17)20/h3,5-6,8-9,11-12H,4,7,10H2,1-2H3,(H,21,23). The molecule has 0 saturated heterocycles. The van der Waals surface area contributed by atoms with Gasteiger partial charge in [-0.05, 0) is 49.2 Å². The van der Waals surface area contributed by atoms with Crippen molar-refractivity contribution in [1.82, 2.24) is 0 Å². The van der Waals surface area contributed by atoms with Gasteiger partial charge in [-0.2, -0.15) is 0 Å². The summed E-state index contributed by atoms with van der Waals surface area (Å²) in [6.45, 7) is 2.11. The zero-order valence-electron chi connectivity index (χ0n) is 14.5. The second kappa shape index (κ2) is 8.75. The molecule has 0 bridgehead atoms. The van der Waals surface area contributed by atoms with Gasteiger partial charge < -0.3 is 5.32 Å². The molecule has 0 aliphatic carbocycles. The van der Waals surface area contributed by atoms with Gasteiger partial charge in [-0.25, -0.2) is 8.42 Å². The third-order valence-electron chi connectivity index (χ3n) is 3.66. The zero-order valence-corrected chi connectivity index (χ0v) is 16.8. The number of hydrogen-bond acceptors (Lipinski definition) is 3. The van der Waals surface area contributed by atoms with Crippen molar-refractivity contribution < 1.29 is 13.2 Å². The van der Waals surface area contributed by atoms with Gasteiger partial charge in [-0.1, -0.05) is 35.3 Å². The van der Waals surface area contributed by atoms with Crippen molar-refractivity contribution in [3.8, 4) is 0 Å². The number of benzene rings is 2. The van der Waals surface area contributed by atoms with Crippen molar-refractivity contribution in [2.75, 3.05) is 22.4 Å². The average Bonchev–Trinajstić information content (AvgIpc) is 2.53. The number of nitrogens with one attached hydrogen (secondary N) is 1. The van der Waals surface area contributed by atoms with Gasteiger partial charge >= 0.3 is 0 Å². The number of hydrogen-bond donors (Lipinski definition) is 1. The first-order valence-corrected chi connectivity index (χ1v) is 10.6. The molecule has 0 aliphatic rings. The number of halogens is 2. The summed E-state index contributed by atoms with van der Waals surface area (Å²) in [4.78, 5) is 12.1. The van der Waals surface area contributed by atoms with Crippen molar-refractivity contribution in [3.63, 3.8) is 0 Å². The molecular formula is C18H20Cl2N2O3S. The Labute approximate surface area is 164 Å². The molecule has 0 heterocycles. The Morgan fingerprint density at radius 1 is 1.15 bits per heavy atom. The molecule has 5 nitrogen and oxygen atoms in total. The predicted octanol–water partition coefficient (Wildman–Crippen LogP) is 4.49. The first-order valence-electron chi connectivity index (χ1n) is 7.96. The minimum absolute atomic E-state index is 0.163. The minimum atomic E-state index is -3.44. The molecule has 0 radical (unpaired) electrons. The zero-order chi connectivity index (χ0) is 19.3. The van der Waals surface area contributed by atoms with E-state index in [4.69, 9.17) is 23.2 Å². The second-order valence-corrected chi connectivity index (χ2v) is 8.70. The van der Waals surface area contributed by atoms with Gasteiger partial charge in [0.05, 0.1) is 22.7 Å². The Kier molecular flexibility index (Phi) is 6.92. The number of carbonyl (C=O) groups is 1. The lowest BCUT2D eigenvalue weighted by Crippen LogP contribution is -2.31. The van der Waals surface area contributed by atoms with E-state index in [1.165, 1.54) is 4.31 Å². The maximum atomic E-state index is 12.1. The number of anilines is 2. The lowest BCUT2D eigenvalue weighted by Gasteiger charge is -2.22. The van der Waals surface area contributed by atoms with Crippen LogP contribution in [-0.2, 0) is 14.8 Å². The average molecular weight is 415 g/mol. The molecule has 0 aliphatic heterocycles. The topological polar surface area (TPSA) is 66.5 Å². The summed E-state index contributed by atoms with van der Waals surface area (Å²) in [6.07, 6.45) is 1.69. The van der Waals surface area contributed by atoms with Crippen LogP contribution in [0.3, 0.4) is 0 Å². The maximum Gasteiger partial charge on any atom is 0.232 e. The molecule has 2 aromatic carbocycles.